The summed E-state index contributed by atoms with van der Waals surface area (Å²) in [6.07, 6.45) is 3.69. The number of nitrogens with zero attached hydrogens (tertiary/aromatic N) is 3. The van der Waals surface area contributed by atoms with E-state index < -0.39 is 5.41 Å². The number of aryl methyl sites for hydroxylation is 2. The lowest BCUT2D eigenvalue weighted by Gasteiger charge is -2.20. The second-order valence-electron chi connectivity index (χ2n) is 9.47. The lowest BCUT2D eigenvalue weighted by Crippen LogP contribution is -2.22. The molecular formula is C27H30FN3O3. The lowest BCUT2D eigenvalue weighted by atomic mass is 9.82. The first-order valence-corrected chi connectivity index (χ1v) is 11.9. The SMILES string of the molecule is CCc1cc2c(c(OC(C)C)c(C(=O)CC3(C#N)CCCC3)n2C)c(=O)n1-c1ccc(F)cc1. The number of Topliss-reactive ketones (excluding diaryl/α,β-unsaturated/α-hetero) is 1. The van der Waals surface area contributed by atoms with Crippen LogP contribution in [0.1, 0.15) is 69.1 Å². The van der Waals surface area contributed by atoms with Crippen LogP contribution in [-0.4, -0.2) is 21.0 Å². The first kappa shape index (κ1) is 23.7. The maximum absolute atomic E-state index is 13.9. The molecule has 0 N–H and O–H groups in total. The maximum atomic E-state index is 13.9. The zero-order valence-electron chi connectivity index (χ0n) is 20.2. The second-order valence-corrected chi connectivity index (χ2v) is 9.47. The van der Waals surface area contributed by atoms with E-state index in [0.29, 0.717) is 41.5 Å². The van der Waals surface area contributed by atoms with Crippen molar-refractivity contribution < 1.29 is 13.9 Å². The molecule has 1 aliphatic carbocycles. The predicted molar refractivity (Wildman–Crippen MR) is 129 cm³/mol. The quantitative estimate of drug-likeness (QED) is 0.435. The van der Waals surface area contributed by atoms with Crippen molar-refractivity contribution in [2.24, 2.45) is 12.5 Å². The molecule has 34 heavy (non-hydrogen) atoms. The number of rotatable bonds is 7. The Hall–Kier alpha value is -3.40. The van der Waals surface area contributed by atoms with Crippen molar-refractivity contribution in [3.63, 3.8) is 0 Å². The first-order chi connectivity index (χ1) is 16.2. The van der Waals surface area contributed by atoms with Crippen molar-refractivity contribution >= 4 is 16.7 Å². The van der Waals surface area contributed by atoms with Crippen LogP contribution in [0.4, 0.5) is 4.39 Å². The van der Waals surface area contributed by atoms with Crippen molar-refractivity contribution in [1.82, 2.24) is 9.13 Å². The number of fused-ring (bicyclic) bond motifs is 1. The Bertz CT molecular complexity index is 1340. The number of ether oxygens (including phenoxy) is 1. The van der Waals surface area contributed by atoms with Crippen LogP contribution in [0.3, 0.4) is 0 Å². The van der Waals surface area contributed by atoms with Gasteiger partial charge in [0, 0.05) is 24.8 Å². The molecule has 0 spiro atoms. The Morgan fingerprint density at radius 2 is 1.88 bits per heavy atom. The van der Waals surface area contributed by atoms with E-state index in [1.807, 2.05) is 26.8 Å². The number of hydrogen-bond acceptors (Lipinski definition) is 4. The zero-order chi connectivity index (χ0) is 24.6. The van der Waals surface area contributed by atoms with E-state index in [0.717, 1.165) is 18.5 Å². The third-order valence-corrected chi connectivity index (χ3v) is 6.76. The molecule has 0 saturated heterocycles. The second kappa shape index (κ2) is 9.09. The molecule has 1 saturated carbocycles. The normalized spacial score (nSPS) is 15.1. The molecule has 0 radical (unpaired) electrons. The third kappa shape index (κ3) is 4.02. The summed E-state index contributed by atoms with van der Waals surface area (Å²) < 4.78 is 22.9. The fourth-order valence-electron chi connectivity index (χ4n) is 5.08. The van der Waals surface area contributed by atoms with Gasteiger partial charge in [0.1, 0.15) is 16.9 Å². The largest absolute Gasteiger partial charge is 0.488 e. The van der Waals surface area contributed by atoms with Crippen LogP contribution in [0.15, 0.2) is 35.1 Å². The van der Waals surface area contributed by atoms with Gasteiger partial charge >= 0.3 is 0 Å². The highest BCUT2D eigenvalue weighted by molar-refractivity contribution is 6.05. The van der Waals surface area contributed by atoms with E-state index in [4.69, 9.17) is 4.74 Å². The molecule has 178 valence electrons. The molecule has 6 nitrogen and oxygen atoms in total. The van der Waals surface area contributed by atoms with Gasteiger partial charge in [-0.2, -0.15) is 5.26 Å². The van der Waals surface area contributed by atoms with E-state index >= 15 is 0 Å². The minimum Gasteiger partial charge on any atom is -0.488 e. The number of ketones is 1. The highest BCUT2D eigenvalue weighted by Gasteiger charge is 2.38. The molecular weight excluding hydrogens is 433 g/mol. The van der Waals surface area contributed by atoms with Crippen molar-refractivity contribution in [2.75, 3.05) is 0 Å². The Morgan fingerprint density at radius 3 is 2.44 bits per heavy atom. The van der Waals surface area contributed by atoms with Crippen LogP contribution in [0.2, 0.25) is 0 Å². The summed E-state index contributed by atoms with van der Waals surface area (Å²) >= 11 is 0. The molecule has 0 atom stereocenters. The molecule has 2 aromatic heterocycles. The summed E-state index contributed by atoms with van der Waals surface area (Å²) in [5.41, 5.74) is 1.24. The van der Waals surface area contributed by atoms with E-state index in [2.05, 4.69) is 6.07 Å². The number of pyridine rings is 1. The first-order valence-electron chi connectivity index (χ1n) is 11.9. The van der Waals surface area contributed by atoms with Gasteiger partial charge in [-0.05, 0) is 63.4 Å². The number of aromatic nitrogens is 2. The third-order valence-electron chi connectivity index (χ3n) is 6.76. The molecule has 4 rings (SSSR count). The highest BCUT2D eigenvalue weighted by atomic mass is 19.1. The van der Waals surface area contributed by atoms with Crippen LogP contribution in [0, 0.1) is 22.6 Å². The number of carbonyl (C=O) groups is 1. The molecule has 3 aromatic rings. The Kier molecular flexibility index (Phi) is 6.35. The van der Waals surface area contributed by atoms with Crippen molar-refractivity contribution in [3.05, 3.63) is 57.9 Å². The maximum Gasteiger partial charge on any atom is 0.268 e. The topological polar surface area (TPSA) is 77.0 Å². The van der Waals surface area contributed by atoms with Gasteiger partial charge in [-0.3, -0.25) is 14.2 Å². The van der Waals surface area contributed by atoms with Crippen LogP contribution in [0.5, 0.6) is 5.75 Å². The number of benzene rings is 1. The van der Waals surface area contributed by atoms with E-state index in [-0.39, 0.29) is 35.4 Å². The van der Waals surface area contributed by atoms with Crippen LogP contribution >= 0.6 is 0 Å². The predicted octanol–water partition coefficient (Wildman–Crippen LogP) is 5.47. The minimum atomic E-state index is -0.661. The summed E-state index contributed by atoms with van der Waals surface area (Å²) in [6, 6.07) is 10.0. The highest BCUT2D eigenvalue weighted by Crippen LogP contribution is 2.43. The fraction of sp³-hybridized carbons (Fsp3) is 0.444. The average Bonchev–Trinajstić information content (AvgIpc) is 3.37. The Labute approximate surface area is 198 Å². The monoisotopic (exact) mass is 463 g/mol. The molecule has 0 bridgehead atoms. The molecule has 0 unspecified atom stereocenters. The summed E-state index contributed by atoms with van der Waals surface area (Å²) in [5, 5.41) is 10.1. The van der Waals surface area contributed by atoms with Crippen molar-refractivity contribution in [1.29, 1.82) is 5.26 Å². The number of hydrogen-bond donors (Lipinski definition) is 0. The smallest absolute Gasteiger partial charge is 0.268 e. The lowest BCUT2D eigenvalue weighted by molar-refractivity contribution is 0.0927. The van der Waals surface area contributed by atoms with E-state index in [9.17, 15) is 19.2 Å². The number of nitriles is 1. The van der Waals surface area contributed by atoms with Gasteiger partial charge in [-0.1, -0.05) is 19.8 Å². The van der Waals surface area contributed by atoms with Gasteiger partial charge in [0.15, 0.2) is 11.5 Å². The molecule has 1 fully saturated rings. The Morgan fingerprint density at radius 1 is 1.24 bits per heavy atom. The van der Waals surface area contributed by atoms with Crippen molar-refractivity contribution in [3.8, 4) is 17.5 Å². The van der Waals surface area contributed by atoms with E-state index in [1.54, 1.807) is 28.3 Å². The van der Waals surface area contributed by atoms with E-state index in [1.165, 1.54) is 12.1 Å². The summed E-state index contributed by atoms with van der Waals surface area (Å²) in [6.45, 7) is 5.64. The molecule has 0 aliphatic heterocycles. The fourth-order valence-corrected chi connectivity index (χ4v) is 5.08. The number of carbonyl (C=O) groups excluding carboxylic acids is 1. The zero-order valence-corrected chi connectivity index (χ0v) is 20.2. The van der Waals surface area contributed by atoms with Crippen LogP contribution in [0.25, 0.3) is 16.6 Å². The van der Waals surface area contributed by atoms with Crippen LogP contribution < -0.4 is 10.3 Å². The van der Waals surface area contributed by atoms with Gasteiger partial charge in [0.2, 0.25) is 0 Å². The molecule has 7 heteroatoms. The van der Waals surface area contributed by atoms with Gasteiger partial charge in [0.25, 0.3) is 5.56 Å². The summed E-state index contributed by atoms with van der Waals surface area (Å²) in [5.74, 6) is -0.318. The molecule has 2 heterocycles. The van der Waals surface area contributed by atoms with Gasteiger partial charge in [-0.25, -0.2) is 4.39 Å². The van der Waals surface area contributed by atoms with Crippen LogP contribution in [-0.2, 0) is 13.5 Å². The Balaban J connectivity index is 1.97. The van der Waals surface area contributed by atoms with Gasteiger partial charge in [-0.15, -0.1) is 0 Å². The van der Waals surface area contributed by atoms with Crippen molar-refractivity contribution in [2.45, 2.75) is 65.4 Å². The molecule has 1 aromatic carbocycles. The summed E-state index contributed by atoms with van der Waals surface area (Å²) in [4.78, 5) is 27.5. The minimum absolute atomic E-state index is 0.106. The van der Waals surface area contributed by atoms with Gasteiger partial charge in [0.05, 0.1) is 23.1 Å². The van der Waals surface area contributed by atoms with Gasteiger partial charge < -0.3 is 9.30 Å². The summed E-state index contributed by atoms with van der Waals surface area (Å²) in [7, 11) is 1.76. The standard InChI is InChI=1S/C27H30FN3O3/c1-5-19-14-21-23(26(33)31(19)20-10-8-18(28)9-11-20)25(34-17(2)3)24(30(21)4)22(32)15-27(16-29)12-6-7-13-27/h8-11,14,17H,5-7,12-13,15H2,1-4H3. The molecule has 1 aliphatic rings. The molecule has 0 amide bonds. The number of halogens is 1. The average molecular weight is 464 g/mol.